The van der Waals surface area contributed by atoms with E-state index in [1.165, 1.54) is 16.7 Å². The quantitative estimate of drug-likeness (QED) is 0.101. The van der Waals surface area contributed by atoms with Gasteiger partial charge in [-0.15, -0.1) is 0 Å². The summed E-state index contributed by atoms with van der Waals surface area (Å²) in [5.41, 5.74) is 4.24. The molecule has 69 heavy (non-hydrogen) atoms. The van der Waals surface area contributed by atoms with Crippen molar-refractivity contribution in [3.63, 3.8) is 0 Å². The fraction of sp³-hybridized carbons (Fsp3) is 0.323. The molecule has 7 aromatic carbocycles. The zero-order valence-electron chi connectivity index (χ0n) is 42.0. The molecule has 3 unspecified atom stereocenters. The van der Waals surface area contributed by atoms with E-state index in [9.17, 15) is 0 Å². The molecular weight excluding hydrogens is 857 g/mol. The third-order valence-corrected chi connectivity index (χ3v) is 10.2. The smallest absolute Gasteiger partial charge is 0.119 e. The Balaban J connectivity index is 0.000000176. The molecule has 0 aliphatic carbocycles. The van der Waals surface area contributed by atoms with Crippen LogP contribution in [0.2, 0.25) is 0 Å². The monoisotopic (exact) mass is 933 g/mol. The lowest BCUT2D eigenvalue weighted by molar-refractivity contribution is 0.263. The number of hydrogen-bond acceptors (Lipinski definition) is 7. The first-order valence-electron chi connectivity index (χ1n) is 24.4. The second kappa shape index (κ2) is 34.0. The number of hydrogen-bond donors (Lipinski definition) is 0. The summed E-state index contributed by atoms with van der Waals surface area (Å²) in [6, 6.07) is 70.7. The second-order valence-corrected chi connectivity index (χ2v) is 17.2. The third-order valence-electron chi connectivity index (χ3n) is 10.2. The maximum absolute atomic E-state index is 5.40. The van der Waals surface area contributed by atoms with E-state index < -0.39 is 0 Å². The fourth-order valence-corrected chi connectivity index (χ4v) is 5.81. The van der Waals surface area contributed by atoms with Gasteiger partial charge in [-0.2, -0.15) is 0 Å². The van der Waals surface area contributed by atoms with E-state index in [0.29, 0.717) is 55.9 Å². The molecule has 3 aliphatic heterocycles. The highest BCUT2D eigenvalue weighted by Gasteiger charge is 2.24. The van der Waals surface area contributed by atoms with Crippen molar-refractivity contribution >= 4 is 0 Å². The van der Waals surface area contributed by atoms with Crippen LogP contribution in [0.4, 0.5) is 0 Å². The van der Waals surface area contributed by atoms with Gasteiger partial charge in [0.15, 0.2) is 0 Å². The molecule has 366 valence electrons. The molecule has 0 amide bonds. The van der Waals surface area contributed by atoms with Crippen LogP contribution in [-0.2, 0) is 14.2 Å². The maximum atomic E-state index is 5.40. The molecule has 0 aromatic heterocycles. The number of benzene rings is 7. The van der Waals surface area contributed by atoms with Crippen molar-refractivity contribution < 1.29 is 33.2 Å². The molecule has 0 N–H and O–H groups in total. The van der Waals surface area contributed by atoms with Crippen molar-refractivity contribution in [2.24, 2.45) is 0 Å². The van der Waals surface area contributed by atoms with E-state index in [1.807, 2.05) is 146 Å². The van der Waals surface area contributed by atoms with Gasteiger partial charge >= 0.3 is 0 Å². The summed E-state index contributed by atoms with van der Waals surface area (Å²) >= 11 is 0. The molecule has 3 saturated heterocycles. The zero-order valence-corrected chi connectivity index (χ0v) is 42.0. The van der Waals surface area contributed by atoms with Crippen molar-refractivity contribution in [1.29, 1.82) is 0 Å². The third kappa shape index (κ3) is 27.9. The lowest BCUT2D eigenvalue weighted by atomic mass is 10.0. The molecule has 0 radical (unpaired) electrons. The first-order chi connectivity index (χ1) is 33.7. The largest absolute Gasteiger partial charge is 0.494 e. The van der Waals surface area contributed by atoms with Crippen LogP contribution in [0, 0.1) is 0 Å². The average Bonchev–Trinajstić information content (AvgIpc) is 4.25. The number of para-hydroxylation sites is 4. The van der Waals surface area contributed by atoms with E-state index in [0.717, 1.165) is 49.4 Å². The Bertz CT molecular complexity index is 1990. The molecule has 3 heterocycles. The van der Waals surface area contributed by atoms with Crippen LogP contribution in [0.1, 0.15) is 82.9 Å². The Hall–Kier alpha value is -6.38. The summed E-state index contributed by atoms with van der Waals surface area (Å²) in [5, 5.41) is 0. The lowest BCUT2D eigenvalue weighted by Crippen LogP contribution is -2.03. The molecule has 7 nitrogen and oxygen atoms in total. The molecule has 3 atom stereocenters. The number of epoxide rings is 3. The second-order valence-electron chi connectivity index (χ2n) is 17.2. The Morgan fingerprint density at radius 3 is 0.667 bits per heavy atom. The van der Waals surface area contributed by atoms with Crippen LogP contribution in [-0.4, -0.2) is 64.6 Å². The van der Waals surface area contributed by atoms with Gasteiger partial charge in [0.25, 0.3) is 0 Å². The number of rotatable bonds is 14. The van der Waals surface area contributed by atoms with Gasteiger partial charge in [-0.3, -0.25) is 0 Å². The molecule has 0 saturated carbocycles. The highest BCUT2D eigenvalue weighted by molar-refractivity contribution is 5.24. The Morgan fingerprint density at radius 1 is 0.319 bits per heavy atom. The summed E-state index contributed by atoms with van der Waals surface area (Å²) in [4.78, 5) is 0. The molecule has 0 spiro atoms. The Labute approximate surface area is 414 Å². The van der Waals surface area contributed by atoms with Crippen LogP contribution in [0.25, 0.3) is 0 Å². The highest BCUT2D eigenvalue weighted by atomic mass is 16.6. The first kappa shape index (κ1) is 55.2. The minimum absolute atomic E-state index is 0.343. The maximum Gasteiger partial charge on any atom is 0.119 e. The Morgan fingerprint density at radius 2 is 0.507 bits per heavy atom. The van der Waals surface area contributed by atoms with Crippen LogP contribution >= 0.6 is 0 Å². The summed E-state index contributed by atoms with van der Waals surface area (Å²) in [5.74, 6) is 5.68. The molecule has 3 aliphatic rings. The standard InChI is InChI=1S/3C9H10O2.3C9H12.C8H10O/c3*1-2-4-8(5-3-1)10-6-9-7-11-9;3*1-8(2)9-6-4-3-5-7-9;1-2-9-8-6-4-3-5-7-8/h3*1-5,9H,6-7H2;3*3-8H,1-2H3;3-7H,2H2,1H3. The van der Waals surface area contributed by atoms with Crippen molar-refractivity contribution in [1.82, 2.24) is 0 Å². The number of ether oxygens (including phenoxy) is 7. The minimum Gasteiger partial charge on any atom is -0.494 e. The highest BCUT2D eigenvalue weighted by Crippen LogP contribution is 2.17. The van der Waals surface area contributed by atoms with E-state index in [2.05, 4.69) is 114 Å². The summed E-state index contributed by atoms with van der Waals surface area (Å²) < 4.78 is 36.4. The molecule has 7 heteroatoms. The van der Waals surface area contributed by atoms with Crippen LogP contribution < -0.4 is 18.9 Å². The van der Waals surface area contributed by atoms with Gasteiger partial charge in [0, 0.05) is 0 Å². The lowest BCUT2D eigenvalue weighted by Gasteiger charge is -2.01. The Kier molecular flexibility index (Phi) is 27.2. The summed E-state index contributed by atoms with van der Waals surface area (Å²) in [7, 11) is 0. The van der Waals surface area contributed by atoms with E-state index in [-0.39, 0.29) is 0 Å². The van der Waals surface area contributed by atoms with Crippen LogP contribution in [0.3, 0.4) is 0 Å². The fourth-order valence-electron chi connectivity index (χ4n) is 5.81. The van der Waals surface area contributed by atoms with Crippen molar-refractivity contribution in [3.05, 3.63) is 229 Å². The normalized spacial score (nSPS) is 15.3. The van der Waals surface area contributed by atoms with E-state index >= 15 is 0 Å². The van der Waals surface area contributed by atoms with Crippen molar-refractivity contribution in [3.8, 4) is 23.0 Å². The minimum atomic E-state index is 0.343. The van der Waals surface area contributed by atoms with Crippen molar-refractivity contribution in [2.75, 3.05) is 46.2 Å². The van der Waals surface area contributed by atoms with Gasteiger partial charge in [0.1, 0.15) is 61.1 Å². The zero-order chi connectivity index (χ0) is 49.2. The first-order valence-corrected chi connectivity index (χ1v) is 24.4. The molecule has 0 bridgehead atoms. The topological polar surface area (TPSA) is 74.5 Å². The van der Waals surface area contributed by atoms with Gasteiger partial charge in [-0.1, -0.05) is 205 Å². The molecular formula is C62H76O7. The summed E-state index contributed by atoms with van der Waals surface area (Å²) in [6.07, 6.45) is 1.03. The van der Waals surface area contributed by atoms with Gasteiger partial charge < -0.3 is 33.2 Å². The SMILES string of the molecule is CC(C)c1ccccc1.CC(C)c1ccccc1.CC(C)c1ccccc1.CCOc1ccccc1.c1ccc(OCC2CO2)cc1.c1ccc(OCC2CO2)cc1.c1ccc(OCC2CO2)cc1. The van der Waals surface area contributed by atoms with Crippen molar-refractivity contribution in [2.45, 2.75) is 84.5 Å². The average molecular weight is 933 g/mol. The summed E-state index contributed by atoms with van der Waals surface area (Å²) in [6.45, 7) is 20.6. The van der Waals surface area contributed by atoms with E-state index in [1.54, 1.807) is 0 Å². The van der Waals surface area contributed by atoms with Gasteiger partial charge in [0.2, 0.25) is 0 Å². The predicted molar refractivity (Wildman–Crippen MR) is 284 cm³/mol. The van der Waals surface area contributed by atoms with Gasteiger partial charge in [0.05, 0.1) is 26.4 Å². The van der Waals surface area contributed by atoms with E-state index in [4.69, 9.17) is 33.2 Å². The van der Waals surface area contributed by atoms with Gasteiger partial charge in [-0.05, 0) is 89.9 Å². The van der Waals surface area contributed by atoms with Crippen LogP contribution in [0.15, 0.2) is 212 Å². The van der Waals surface area contributed by atoms with Gasteiger partial charge in [-0.25, -0.2) is 0 Å². The predicted octanol–water partition coefficient (Wildman–Crippen LogP) is 14.9. The molecule has 10 rings (SSSR count). The molecule has 3 fully saturated rings. The molecule has 7 aromatic rings. The van der Waals surface area contributed by atoms with Crippen LogP contribution in [0.5, 0.6) is 23.0 Å².